The first-order valence-electron chi connectivity index (χ1n) is 7.90. The largest absolute Gasteiger partial charge is 0.493 e. The van der Waals surface area contributed by atoms with Gasteiger partial charge in [-0.1, -0.05) is 0 Å². The van der Waals surface area contributed by atoms with Crippen LogP contribution in [0.4, 0.5) is 0 Å². The first kappa shape index (κ1) is 21.3. The predicted molar refractivity (Wildman–Crippen MR) is 95.5 cm³/mol. The van der Waals surface area contributed by atoms with Crippen molar-refractivity contribution in [1.29, 1.82) is 0 Å². The Kier molecular flexibility index (Phi) is 8.82. The van der Waals surface area contributed by atoms with E-state index in [1.807, 2.05) is 6.92 Å². The molecule has 0 spiro atoms. The Hall–Kier alpha value is -1.70. The van der Waals surface area contributed by atoms with Crippen molar-refractivity contribution in [3.8, 4) is 17.2 Å². The van der Waals surface area contributed by atoms with Crippen LogP contribution in [0.5, 0.6) is 17.2 Å². The van der Waals surface area contributed by atoms with E-state index >= 15 is 0 Å². The summed E-state index contributed by atoms with van der Waals surface area (Å²) in [6, 6.07) is 3.18. The first-order chi connectivity index (χ1) is 11.6. The highest BCUT2D eigenvalue weighted by atomic mass is 35.5. The van der Waals surface area contributed by atoms with Crippen molar-refractivity contribution < 1.29 is 28.5 Å². The third kappa shape index (κ3) is 5.66. The van der Waals surface area contributed by atoms with Crippen LogP contribution in [0.25, 0.3) is 0 Å². The minimum Gasteiger partial charge on any atom is -0.493 e. The quantitative estimate of drug-likeness (QED) is 0.675. The van der Waals surface area contributed by atoms with E-state index in [2.05, 4.69) is 4.90 Å². The Bertz CT molecular complexity index is 537. The molecule has 7 nitrogen and oxygen atoms in total. The van der Waals surface area contributed by atoms with Gasteiger partial charge < -0.3 is 23.7 Å². The topological polar surface area (TPSA) is 66.5 Å². The van der Waals surface area contributed by atoms with Crippen molar-refractivity contribution in [1.82, 2.24) is 4.90 Å². The lowest BCUT2D eigenvalue weighted by Crippen LogP contribution is -2.41. The fourth-order valence-corrected chi connectivity index (χ4v) is 2.63. The van der Waals surface area contributed by atoms with Crippen molar-refractivity contribution in [3.63, 3.8) is 0 Å². The van der Waals surface area contributed by atoms with E-state index in [4.69, 9.17) is 23.7 Å². The van der Waals surface area contributed by atoms with Gasteiger partial charge in [0.15, 0.2) is 11.5 Å². The van der Waals surface area contributed by atoms with Gasteiger partial charge in [-0.15, -0.1) is 12.4 Å². The summed E-state index contributed by atoms with van der Waals surface area (Å²) in [5.41, 5.74) is 0.360. The third-order valence-corrected chi connectivity index (χ3v) is 3.83. The lowest BCUT2D eigenvalue weighted by molar-refractivity contribution is 0.000408. The van der Waals surface area contributed by atoms with Crippen molar-refractivity contribution in [2.75, 3.05) is 54.2 Å². The number of halogens is 1. The molecule has 0 aliphatic carbocycles. The smallest absolute Gasteiger partial charge is 0.338 e. The van der Waals surface area contributed by atoms with E-state index in [-0.39, 0.29) is 18.5 Å². The number of morpholine rings is 1. The minimum absolute atomic E-state index is 0. The normalized spacial score (nSPS) is 15.7. The van der Waals surface area contributed by atoms with Crippen LogP contribution in [0.15, 0.2) is 12.1 Å². The van der Waals surface area contributed by atoms with Crippen LogP contribution in [0.2, 0.25) is 0 Å². The summed E-state index contributed by atoms with van der Waals surface area (Å²) in [7, 11) is 4.53. The summed E-state index contributed by atoms with van der Waals surface area (Å²) in [6.45, 7) is 5.70. The molecular weight excluding hydrogens is 350 g/mol. The number of nitrogens with zero attached hydrogens (tertiary/aromatic N) is 1. The van der Waals surface area contributed by atoms with Crippen LogP contribution < -0.4 is 14.2 Å². The molecule has 0 aromatic heterocycles. The zero-order valence-electron chi connectivity index (χ0n) is 15.1. The Morgan fingerprint density at radius 1 is 1.12 bits per heavy atom. The molecule has 1 aliphatic rings. The fourth-order valence-electron chi connectivity index (χ4n) is 2.63. The molecule has 1 aromatic rings. The third-order valence-electron chi connectivity index (χ3n) is 3.83. The summed E-state index contributed by atoms with van der Waals surface area (Å²) in [6.07, 6.45) is -0.227. The number of rotatable bonds is 7. The molecule has 1 heterocycles. The Morgan fingerprint density at radius 2 is 1.68 bits per heavy atom. The van der Waals surface area contributed by atoms with Crippen molar-refractivity contribution in [2.24, 2.45) is 0 Å². The van der Waals surface area contributed by atoms with Gasteiger partial charge in [0, 0.05) is 19.6 Å². The van der Waals surface area contributed by atoms with Gasteiger partial charge in [-0.05, 0) is 19.1 Å². The number of ether oxygens (including phenoxy) is 5. The lowest BCUT2D eigenvalue weighted by Gasteiger charge is -2.28. The average Bonchev–Trinajstić information content (AvgIpc) is 2.60. The van der Waals surface area contributed by atoms with Crippen LogP contribution in [0.1, 0.15) is 17.3 Å². The molecule has 8 heteroatoms. The molecule has 1 saturated heterocycles. The maximum atomic E-state index is 12.4. The standard InChI is InChI=1S/C17H25NO6.ClH/c1-12(11-18-5-7-23-8-6-18)24-17(19)13-9-14(20-2)16(22-4)15(10-13)21-3;/h9-10,12H,5-8,11H2,1-4H3;1H. The number of carbonyl (C=O) groups excluding carboxylic acids is 1. The van der Waals surface area contributed by atoms with Gasteiger partial charge in [0.05, 0.1) is 40.1 Å². The molecule has 1 aromatic carbocycles. The molecule has 0 radical (unpaired) electrons. The molecule has 1 aliphatic heterocycles. The van der Waals surface area contributed by atoms with Gasteiger partial charge in [-0.25, -0.2) is 4.79 Å². The molecular formula is C17H26ClNO6. The number of benzene rings is 1. The van der Waals surface area contributed by atoms with E-state index in [0.717, 1.165) is 13.1 Å². The molecule has 142 valence electrons. The minimum atomic E-state index is -0.421. The molecule has 0 N–H and O–H groups in total. The number of carbonyl (C=O) groups is 1. The number of hydrogen-bond acceptors (Lipinski definition) is 7. The molecule has 1 fully saturated rings. The molecule has 0 bridgehead atoms. The highest BCUT2D eigenvalue weighted by molar-refractivity contribution is 5.91. The van der Waals surface area contributed by atoms with Crippen LogP contribution in [-0.2, 0) is 9.47 Å². The van der Waals surface area contributed by atoms with Crippen molar-refractivity contribution in [2.45, 2.75) is 13.0 Å². The molecule has 0 saturated carbocycles. The first-order valence-corrected chi connectivity index (χ1v) is 7.90. The summed E-state index contributed by atoms with van der Waals surface area (Å²) in [5.74, 6) is 0.863. The zero-order valence-corrected chi connectivity index (χ0v) is 15.9. The Balaban J connectivity index is 0.00000312. The van der Waals surface area contributed by atoms with E-state index < -0.39 is 5.97 Å². The summed E-state index contributed by atoms with van der Waals surface area (Å²) in [4.78, 5) is 14.6. The highest BCUT2D eigenvalue weighted by Gasteiger charge is 2.21. The lowest BCUT2D eigenvalue weighted by atomic mass is 10.2. The second-order valence-electron chi connectivity index (χ2n) is 5.54. The second-order valence-corrected chi connectivity index (χ2v) is 5.54. The van der Waals surface area contributed by atoms with Crippen LogP contribution in [0.3, 0.4) is 0 Å². The van der Waals surface area contributed by atoms with Gasteiger partial charge in [0.2, 0.25) is 5.75 Å². The number of hydrogen-bond donors (Lipinski definition) is 0. The number of methoxy groups -OCH3 is 3. The van der Waals surface area contributed by atoms with Crippen LogP contribution in [0, 0.1) is 0 Å². The molecule has 25 heavy (non-hydrogen) atoms. The van der Waals surface area contributed by atoms with E-state index in [9.17, 15) is 4.79 Å². The van der Waals surface area contributed by atoms with E-state index in [1.54, 1.807) is 12.1 Å². The maximum absolute atomic E-state index is 12.4. The SMILES string of the molecule is COc1cc(C(=O)OC(C)CN2CCOCC2)cc(OC)c1OC.Cl. The molecule has 1 atom stereocenters. The number of esters is 1. The Labute approximate surface area is 154 Å². The summed E-state index contributed by atoms with van der Waals surface area (Å²) >= 11 is 0. The van der Waals surface area contributed by atoms with Crippen LogP contribution in [-0.4, -0.2) is 71.2 Å². The van der Waals surface area contributed by atoms with Gasteiger partial charge in [0.25, 0.3) is 0 Å². The average molecular weight is 376 g/mol. The highest BCUT2D eigenvalue weighted by Crippen LogP contribution is 2.38. The van der Waals surface area contributed by atoms with Crippen LogP contribution >= 0.6 is 12.4 Å². The second kappa shape index (κ2) is 10.3. The van der Waals surface area contributed by atoms with Crippen molar-refractivity contribution >= 4 is 18.4 Å². The van der Waals surface area contributed by atoms with Gasteiger partial charge in [0.1, 0.15) is 6.10 Å². The molecule has 0 amide bonds. The van der Waals surface area contributed by atoms with E-state index in [1.165, 1.54) is 21.3 Å². The van der Waals surface area contributed by atoms with Crippen molar-refractivity contribution in [3.05, 3.63) is 17.7 Å². The summed E-state index contributed by atoms with van der Waals surface area (Å²) in [5, 5.41) is 0. The summed E-state index contributed by atoms with van der Waals surface area (Å²) < 4.78 is 26.6. The van der Waals surface area contributed by atoms with Gasteiger partial charge >= 0.3 is 5.97 Å². The zero-order chi connectivity index (χ0) is 17.5. The Morgan fingerprint density at radius 3 is 2.16 bits per heavy atom. The molecule has 2 rings (SSSR count). The van der Waals surface area contributed by atoms with Gasteiger partial charge in [-0.3, -0.25) is 4.90 Å². The van der Waals surface area contributed by atoms with Gasteiger partial charge in [-0.2, -0.15) is 0 Å². The maximum Gasteiger partial charge on any atom is 0.338 e. The monoisotopic (exact) mass is 375 g/mol. The fraction of sp³-hybridized carbons (Fsp3) is 0.588. The van der Waals surface area contributed by atoms with E-state index in [0.29, 0.717) is 42.6 Å². The predicted octanol–water partition coefficient (Wildman–Crippen LogP) is 2.01. The molecule has 1 unspecified atom stereocenters.